The first-order valence-electron chi connectivity index (χ1n) is 9.87. The third-order valence-electron chi connectivity index (χ3n) is 5.51. The number of amides is 1. The highest BCUT2D eigenvalue weighted by Gasteiger charge is 2.27. The topological polar surface area (TPSA) is 64.6 Å². The summed E-state index contributed by atoms with van der Waals surface area (Å²) in [5.74, 6) is 0.0166. The Morgan fingerprint density at radius 2 is 1.59 bits per heavy atom. The van der Waals surface area contributed by atoms with Gasteiger partial charge in [0.2, 0.25) is 0 Å². The summed E-state index contributed by atoms with van der Waals surface area (Å²) in [4.78, 5) is 24.3. The van der Waals surface area contributed by atoms with Crippen LogP contribution in [0.4, 0.5) is 0 Å². The minimum absolute atomic E-state index is 0.0166. The zero-order valence-corrected chi connectivity index (χ0v) is 16.1. The van der Waals surface area contributed by atoms with Crippen LogP contribution in [0.3, 0.4) is 0 Å². The summed E-state index contributed by atoms with van der Waals surface area (Å²) in [7, 11) is 0. The first kappa shape index (κ1) is 18.3. The highest BCUT2D eigenvalue weighted by Crippen LogP contribution is 2.21. The summed E-state index contributed by atoms with van der Waals surface area (Å²) >= 11 is 0. The molecule has 2 aromatic rings. The number of benzene rings is 1. The lowest BCUT2D eigenvalue weighted by Gasteiger charge is -2.28. The van der Waals surface area contributed by atoms with Crippen molar-refractivity contribution in [3.8, 4) is 0 Å². The predicted molar refractivity (Wildman–Crippen MR) is 103 cm³/mol. The Morgan fingerprint density at radius 1 is 1.00 bits per heavy atom. The van der Waals surface area contributed by atoms with Crippen LogP contribution in [0.1, 0.15) is 47.4 Å². The van der Waals surface area contributed by atoms with Crippen LogP contribution in [0.15, 0.2) is 18.2 Å². The maximum atomic E-state index is 13.3. The minimum atomic E-state index is 0.0166. The number of ether oxygens (including phenoxy) is 2. The largest absolute Gasteiger partial charge is 0.376 e. The minimum Gasteiger partial charge on any atom is -0.376 e. The van der Waals surface area contributed by atoms with Crippen molar-refractivity contribution in [3.63, 3.8) is 0 Å². The Balaban J connectivity index is 1.58. The van der Waals surface area contributed by atoms with Gasteiger partial charge in [0.1, 0.15) is 0 Å². The van der Waals surface area contributed by atoms with Crippen LogP contribution in [-0.4, -0.2) is 59.3 Å². The van der Waals surface area contributed by atoms with Gasteiger partial charge in [0, 0.05) is 31.9 Å². The summed E-state index contributed by atoms with van der Waals surface area (Å²) in [5, 5.41) is 0. The Bertz CT molecular complexity index is 809. The van der Waals surface area contributed by atoms with Gasteiger partial charge in [-0.05, 0) is 57.7 Å². The maximum Gasteiger partial charge on any atom is 0.254 e. The van der Waals surface area contributed by atoms with Crippen LogP contribution in [0.2, 0.25) is 0 Å². The molecule has 2 atom stereocenters. The van der Waals surface area contributed by atoms with Gasteiger partial charge in [0.05, 0.1) is 34.6 Å². The molecule has 0 radical (unpaired) electrons. The van der Waals surface area contributed by atoms with Gasteiger partial charge in [-0.3, -0.25) is 4.79 Å². The second kappa shape index (κ2) is 7.90. The molecule has 0 N–H and O–H groups in total. The number of fused-ring (bicyclic) bond motifs is 1. The SMILES string of the molecule is Cc1nc2ccc(C(=O)N(C[C@H]3CCCO3)C[C@H]3CCCO3)cc2nc1C. The van der Waals surface area contributed by atoms with Gasteiger partial charge >= 0.3 is 0 Å². The number of carbonyl (C=O) groups is 1. The quantitative estimate of drug-likeness (QED) is 0.810. The van der Waals surface area contributed by atoms with Gasteiger partial charge in [-0.1, -0.05) is 0 Å². The highest BCUT2D eigenvalue weighted by atomic mass is 16.5. The molecule has 2 aliphatic heterocycles. The van der Waals surface area contributed by atoms with E-state index in [1.165, 1.54) is 0 Å². The zero-order valence-electron chi connectivity index (χ0n) is 16.1. The number of hydrogen-bond donors (Lipinski definition) is 0. The van der Waals surface area contributed by atoms with E-state index in [4.69, 9.17) is 9.47 Å². The van der Waals surface area contributed by atoms with Crippen molar-refractivity contribution in [2.45, 2.75) is 51.7 Å². The molecule has 4 rings (SSSR count). The van der Waals surface area contributed by atoms with Crippen LogP contribution in [0.25, 0.3) is 11.0 Å². The number of aryl methyl sites for hydroxylation is 2. The Hall–Kier alpha value is -2.05. The van der Waals surface area contributed by atoms with E-state index in [-0.39, 0.29) is 18.1 Å². The summed E-state index contributed by atoms with van der Waals surface area (Å²) in [5.41, 5.74) is 4.04. The number of rotatable bonds is 5. The Labute approximate surface area is 159 Å². The molecule has 2 fully saturated rings. The molecule has 6 nitrogen and oxygen atoms in total. The van der Waals surface area contributed by atoms with Crippen molar-refractivity contribution in [2.24, 2.45) is 0 Å². The first-order valence-corrected chi connectivity index (χ1v) is 9.87. The fourth-order valence-corrected chi connectivity index (χ4v) is 3.85. The van der Waals surface area contributed by atoms with Crippen LogP contribution in [0.5, 0.6) is 0 Å². The lowest BCUT2D eigenvalue weighted by Crippen LogP contribution is -2.42. The third-order valence-corrected chi connectivity index (χ3v) is 5.51. The molecule has 27 heavy (non-hydrogen) atoms. The number of nitrogens with zero attached hydrogens (tertiary/aromatic N) is 3. The average molecular weight is 369 g/mol. The molecular weight excluding hydrogens is 342 g/mol. The van der Waals surface area contributed by atoms with Gasteiger partial charge < -0.3 is 14.4 Å². The number of aromatic nitrogens is 2. The molecule has 1 aromatic heterocycles. The molecule has 0 spiro atoms. The van der Waals surface area contributed by atoms with E-state index >= 15 is 0 Å². The molecule has 2 saturated heterocycles. The van der Waals surface area contributed by atoms with Gasteiger partial charge in [-0.15, -0.1) is 0 Å². The molecule has 144 valence electrons. The molecular formula is C21H27N3O3. The Morgan fingerprint density at radius 3 is 2.15 bits per heavy atom. The van der Waals surface area contributed by atoms with Crippen molar-refractivity contribution < 1.29 is 14.3 Å². The van der Waals surface area contributed by atoms with Gasteiger partial charge in [0.25, 0.3) is 5.91 Å². The average Bonchev–Trinajstić information content (AvgIpc) is 3.35. The van der Waals surface area contributed by atoms with Crippen LogP contribution in [-0.2, 0) is 9.47 Å². The van der Waals surface area contributed by atoms with Crippen LogP contribution in [0, 0.1) is 13.8 Å². The molecule has 6 heteroatoms. The van der Waals surface area contributed by atoms with Crippen molar-refractivity contribution in [1.82, 2.24) is 14.9 Å². The Kier molecular flexibility index (Phi) is 5.36. The number of hydrogen-bond acceptors (Lipinski definition) is 5. The molecule has 1 aromatic carbocycles. The van der Waals surface area contributed by atoms with E-state index in [9.17, 15) is 4.79 Å². The highest BCUT2D eigenvalue weighted by molar-refractivity contribution is 5.97. The van der Waals surface area contributed by atoms with Crippen molar-refractivity contribution >= 4 is 16.9 Å². The molecule has 2 aliphatic rings. The second-order valence-electron chi connectivity index (χ2n) is 7.58. The molecule has 0 aliphatic carbocycles. The normalized spacial score (nSPS) is 22.4. The first-order chi connectivity index (χ1) is 13.1. The van der Waals surface area contributed by atoms with Crippen molar-refractivity contribution in [2.75, 3.05) is 26.3 Å². The molecule has 0 unspecified atom stereocenters. The van der Waals surface area contributed by atoms with E-state index < -0.39 is 0 Å². The molecule has 0 bridgehead atoms. The molecule has 3 heterocycles. The van der Waals surface area contributed by atoms with Crippen molar-refractivity contribution in [3.05, 3.63) is 35.2 Å². The fourth-order valence-electron chi connectivity index (χ4n) is 3.85. The summed E-state index contributed by atoms with van der Waals surface area (Å²) < 4.78 is 11.6. The van der Waals surface area contributed by atoms with E-state index in [2.05, 4.69) is 9.97 Å². The molecule has 0 saturated carbocycles. The van der Waals surface area contributed by atoms with E-state index in [1.807, 2.05) is 36.9 Å². The summed E-state index contributed by atoms with van der Waals surface area (Å²) in [6.07, 6.45) is 4.41. The maximum absolute atomic E-state index is 13.3. The second-order valence-corrected chi connectivity index (χ2v) is 7.58. The zero-order chi connectivity index (χ0) is 18.8. The predicted octanol–water partition coefficient (Wildman–Crippen LogP) is 3.05. The van der Waals surface area contributed by atoms with Crippen LogP contribution < -0.4 is 0 Å². The van der Waals surface area contributed by atoms with Gasteiger partial charge in [0.15, 0.2) is 0 Å². The van der Waals surface area contributed by atoms with Crippen molar-refractivity contribution in [1.29, 1.82) is 0 Å². The van der Waals surface area contributed by atoms with Gasteiger partial charge in [-0.2, -0.15) is 0 Å². The molecule has 1 amide bonds. The van der Waals surface area contributed by atoms with Gasteiger partial charge in [-0.25, -0.2) is 9.97 Å². The van der Waals surface area contributed by atoms with E-state index in [0.717, 1.165) is 61.3 Å². The lowest BCUT2D eigenvalue weighted by molar-refractivity contribution is 0.0307. The van der Waals surface area contributed by atoms with E-state index in [0.29, 0.717) is 18.7 Å². The monoisotopic (exact) mass is 369 g/mol. The van der Waals surface area contributed by atoms with Crippen LogP contribution >= 0.6 is 0 Å². The fraction of sp³-hybridized carbons (Fsp3) is 0.571. The summed E-state index contributed by atoms with van der Waals surface area (Å²) in [6, 6.07) is 5.60. The summed E-state index contributed by atoms with van der Waals surface area (Å²) in [6.45, 7) is 6.71. The van der Waals surface area contributed by atoms with E-state index in [1.54, 1.807) is 0 Å². The third kappa shape index (κ3) is 4.12. The standard InChI is InChI=1S/C21H27N3O3/c1-14-15(2)23-20-11-16(7-8-19(20)22-14)21(25)24(12-17-5-3-9-26-17)13-18-6-4-10-27-18/h7-8,11,17-18H,3-6,9-10,12-13H2,1-2H3/t17-,18-/m1/s1. The number of carbonyl (C=O) groups excluding carboxylic acids is 1. The lowest BCUT2D eigenvalue weighted by atomic mass is 10.1. The smallest absolute Gasteiger partial charge is 0.254 e.